The van der Waals surface area contributed by atoms with Crippen LogP contribution in [0.1, 0.15) is 59.4 Å². The minimum atomic E-state index is -3.76. The van der Waals surface area contributed by atoms with Crippen LogP contribution in [0.2, 0.25) is 0 Å². The Kier molecular flexibility index (Phi) is 8.87. The lowest BCUT2D eigenvalue weighted by Crippen LogP contribution is -2.47. The largest absolute Gasteiger partial charge is 0.444 e. The fourth-order valence-electron chi connectivity index (χ4n) is 5.45. The van der Waals surface area contributed by atoms with Crippen molar-refractivity contribution in [1.82, 2.24) is 9.47 Å². The number of hydrogen-bond donors (Lipinski definition) is 1. The van der Waals surface area contributed by atoms with Gasteiger partial charge in [0.25, 0.3) is 0 Å². The van der Waals surface area contributed by atoms with Crippen LogP contribution in [-0.4, -0.2) is 61.5 Å². The van der Waals surface area contributed by atoms with Crippen molar-refractivity contribution in [3.8, 4) is 5.69 Å². The van der Waals surface area contributed by atoms with Gasteiger partial charge in [-0.05, 0) is 82.3 Å². The van der Waals surface area contributed by atoms with Crippen LogP contribution in [0.15, 0.2) is 36.5 Å². The second kappa shape index (κ2) is 11.9. The Balaban J connectivity index is 1.62. The maximum Gasteiger partial charge on any atom is 0.410 e. The SMILES string of the molecule is CCCS(=O)(=O)Nc1ccc(F)c(-n2ccc3c(CC)c(N(C)C4CCN(C(=O)OC(C)(C)C)CC4)ccc32)c1F. The number of piperidine rings is 1. The van der Waals surface area contributed by atoms with E-state index in [9.17, 15) is 13.2 Å². The highest BCUT2D eigenvalue weighted by Crippen LogP contribution is 2.35. The number of aryl methyl sites for hydroxylation is 1. The first-order valence-corrected chi connectivity index (χ1v) is 15.7. The molecule has 1 fully saturated rings. The number of carbonyl (C=O) groups is 1. The van der Waals surface area contributed by atoms with Gasteiger partial charge in [0, 0.05) is 43.4 Å². The molecule has 41 heavy (non-hydrogen) atoms. The Labute approximate surface area is 241 Å². The molecule has 1 saturated heterocycles. The zero-order valence-corrected chi connectivity index (χ0v) is 25.4. The summed E-state index contributed by atoms with van der Waals surface area (Å²) in [5, 5.41) is 0.860. The Bertz CT molecular complexity index is 1520. The summed E-state index contributed by atoms with van der Waals surface area (Å²) in [5.41, 5.74) is 1.51. The molecule has 0 radical (unpaired) electrons. The summed E-state index contributed by atoms with van der Waals surface area (Å²) in [6.07, 6.45) is 3.95. The first kappa shape index (κ1) is 30.6. The van der Waals surface area contributed by atoms with Crippen LogP contribution in [0.4, 0.5) is 25.0 Å². The number of halogens is 2. The molecule has 224 valence electrons. The summed E-state index contributed by atoms with van der Waals surface area (Å²) in [4.78, 5) is 16.5. The summed E-state index contributed by atoms with van der Waals surface area (Å²) >= 11 is 0. The van der Waals surface area contributed by atoms with E-state index < -0.39 is 27.3 Å². The van der Waals surface area contributed by atoms with Gasteiger partial charge in [0.2, 0.25) is 10.0 Å². The lowest BCUT2D eigenvalue weighted by molar-refractivity contribution is 0.0205. The second-order valence-corrected chi connectivity index (χ2v) is 13.4. The number of ether oxygens (including phenoxy) is 1. The van der Waals surface area contributed by atoms with Crippen molar-refractivity contribution >= 4 is 38.4 Å². The molecule has 0 saturated carbocycles. The van der Waals surface area contributed by atoms with E-state index in [1.165, 1.54) is 4.57 Å². The number of benzene rings is 2. The number of amides is 1. The van der Waals surface area contributed by atoms with E-state index in [0.717, 1.165) is 41.6 Å². The van der Waals surface area contributed by atoms with Crippen molar-refractivity contribution in [3.63, 3.8) is 0 Å². The van der Waals surface area contributed by atoms with Gasteiger partial charge in [0.1, 0.15) is 17.1 Å². The Morgan fingerprint density at radius 1 is 1.10 bits per heavy atom. The quantitative estimate of drug-likeness (QED) is 0.326. The molecule has 0 unspecified atom stereocenters. The highest BCUT2D eigenvalue weighted by molar-refractivity contribution is 7.92. The monoisotopic (exact) mass is 590 g/mol. The van der Waals surface area contributed by atoms with Crippen molar-refractivity contribution < 1.29 is 26.7 Å². The number of anilines is 2. The van der Waals surface area contributed by atoms with Crippen LogP contribution in [0.3, 0.4) is 0 Å². The molecule has 0 spiro atoms. The van der Waals surface area contributed by atoms with Gasteiger partial charge in [-0.1, -0.05) is 13.8 Å². The van der Waals surface area contributed by atoms with E-state index in [4.69, 9.17) is 4.74 Å². The summed E-state index contributed by atoms with van der Waals surface area (Å²) in [6, 6.07) is 8.02. The molecule has 1 N–H and O–H groups in total. The third kappa shape index (κ3) is 6.60. The zero-order chi connectivity index (χ0) is 30.1. The topological polar surface area (TPSA) is 83.9 Å². The van der Waals surface area contributed by atoms with Crippen LogP contribution < -0.4 is 9.62 Å². The third-order valence-corrected chi connectivity index (χ3v) is 8.88. The smallest absolute Gasteiger partial charge is 0.410 e. The van der Waals surface area contributed by atoms with E-state index in [1.807, 2.05) is 52.9 Å². The first-order chi connectivity index (χ1) is 19.3. The molecular formula is C30H40F2N4O4S. The summed E-state index contributed by atoms with van der Waals surface area (Å²) in [7, 11) is -1.72. The molecule has 1 aliphatic heterocycles. The standard InChI is InChI=1S/C30H40F2N4O4S/c1-7-19-41(38,39)33-24-10-9-23(31)28(27(24)32)36-18-15-22-21(8-2)25(11-12-26(22)36)34(6)20-13-16-35(17-14-20)29(37)40-30(3,4)5/h9-12,15,18,20,33H,7-8,13-14,16-17,19H2,1-6H3. The lowest BCUT2D eigenvalue weighted by atomic mass is 9.99. The molecule has 8 nitrogen and oxygen atoms in total. The maximum atomic E-state index is 15.6. The van der Waals surface area contributed by atoms with E-state index >= 15 is 8.78 Å². The number of hydrogen-bond acceptors (Lipinski definition) is 5. The third-order valence-electron chi connectivity index (χ3n) is 7.40. The van der Waals surface area contributed by atoms with Gasteiger partial charge in [0.05, 0.1) is 17.0 Å². The molecule has 0 bridgehead atoms. The number of sulfonamides is 1. The highest BCUT2D eigenvalue weighted by atomic mass is 32.2. The molecule has 0 atom stereocenters. The van der Waals surface area contributed by atoms with Crippen molar-refractivity contribution in [2.45, 2.75) is 71.9 Å². The number of carbonyl (C=O) groups excluding carboxylic acids is 1. The van der Waals surface area contributed by atoms with E-state index in [1.54, 1.807) is 18.0 Å². The molecule has 11 heteroatoms. The molecule has 2 aromatic carbocycles. The van der Waals surface area contributed by atoms with Gasteiger partial charge in [0.15, 0.2) is 5.82 Å². The average molecular weight is 591 g/mol. The average Bonchev–Trinajstić information content (AvgIpc) is 3.32. The first-order valence-electron chi connectivity index (χ1n) is 14.1. The normalized spacial score (nSPS) is 14.9. The summed E-state index contributed by atoms with van der Waals surface area (Å²) in [5.74, 6) is -1.94. The fourth-order valence-corrected chi connectivity index (χ4v) is 6.58. The zero-order valence-electron chi connectivity index (χ0n) is 24.6. The van der Waals surface area contributed by atoms with Gasteiger partial charge in [-0.2, -0.15) is 0 Å². The summed E-state index contributed by atoms with van der Waals surface area (Å²) in [6.45, 7) is 10.5. The van der Waals surface area contributed by atoms with Crippen LogP contribution >= 0.6 is 0 Å². The lowest BCUT2D eigenvalue weighted by Gasteiger charge is -2.39. The van der Waals surface area contributed by atoms with Crippen molar-refractivity contribution in [2.24, 2.45) is 0 Å². The summed E-state index contributed by atoms with van der Waals surface area (Å²) < 4.78 is 64.3. The predicted molar refractivity (Wildman–Crippen MR) is 160 cm³/mol. The number of nitrogens with zero attached hydrogens (tertiary/aromatic N) is 3. The van der Waals surface area contributed by atoms with Crippen LogP contribution in [0.25, 0.3) is 16.6 Å². The molecule has 0 aliphatic carbocycles. The van der Waals surface area contributed by atoms with Crippen molar-refractivity contribution in [1.29, 1.82) is 0 Å². The predicted octanol–water partition coefficient (Wildman–Crippen LogP) is 6.46. The second-order valence-electron chi connectivity index (χ2n) is 11.5. The van der Waals surface area contributed by atoms with E-state index in [2.05, 4.69) is 9.62 Å². The molecule has 4 rings (SSSR count). The molecule has 1 aliphatic rings. The molecule has 1 aromatic heterocycles. The Hall–Kier alpha value is -3.34. The van der Waals surface area contributed by atoms with Gasteiger partial charge < -0.3 is 19.1 Å². The molecular weight excluding hydrogens is 550 g/mol. The fraction of sp³-hybridized carbons (Fsp3) is 0.500. The Morgan fingerprint density at radius 2 is 1.78 bits per heavy atom. The number of rotatable bonds is 8. The van der Waals surface area contributed by atoms with E-state index in [-0.39, 0.29) is 29.3 Å². The van der Waals surface area contributed by atoms with Gasteiger partial charge >= 0.3 is 6.09 Å². The van der Waals surface area contributed by atoms with Crippen LogP contribution in [0, 0.1) is 11.6 Å². The molecule has 3 aromatic rings. The van der Waals surface area contributed by atoms with E-state index in [0.29, 0.717) is 31.4 Å². The number of nitrogens with one attached hydrogen (secondary N) is 1. The van der Waals surface area contributed by atoms with Crippen LogP contribution in [-0.2, 0) is 21.2 Å². The number of aromatic nitrogens is 1. The minimum absolute atomic E-state index is 0.165. The number of likely N-dealkylation sites (tertiary alicyclic amines) is 1. The molecule has 2 heterocycles. The number of fused-ring (bicyclic) bond motifs is 1. The van der Waals surface area contributed by atoms with Gasteiger partial charge in [-0.15, -0.1) is 0 Å². The van der Waals surface area contributed by atoms with Crippen molar-refractivity contribution in [3.05, 3.63) is 53.7 Å². The van der Waals surface area contributed by atoms with Gasteiger partial charge in [-0.3, -0.25) is 4.72 Å². The Morgan fingerprint density at radius 3 is 2.39 bits per heavy atom. The maximum absolute atomic E-state index is 15.6. The minimum Gasteiger partial charge on any atom is -0.444 e. The molecule has 1 amide bonds. The van der Waals surface area contributed by atoms with Crippen molar-refractivity contribution in [2.75, 3.05) is 35.5 Å². The van der Waals surface area contributed by atoms with Gasteiger partial charge in [-0.25, -0.2) is 22.0 Å². The highest BCUT2D eigenvalue weighted by Gasteiger charge is 2.30. The van der Waals surface area contributed by atoms with Crippen LogP contribution in [0.5, 0.6) is 0 Å².